The summed E-state index contributed by atoms with van der Waals surface area (Å²) in [6.07, 6.45) is 5.97. The fraction of sp³-hybridized carbons (Fsp3) is 0.296. The van der Waals surface area contributed by atoms with Crippen LogP contribution in [0.25, 0.3) is 15.9 Å². The number of Topliss-reactive ketones (excluding diaryl/α,β-unsaturated/α-hetero) is 1. The highest BCUT2D eigenvalue weighted by atomic mass is 32.2. The van der Waals surface area contributed by atoms with Gasteiger partial charge in [-0.05, 0) is 63.3 Å². The first kappa shape index (κ1) is 22.9. The van der Waals surface area contributed by atoms with Gasteiger partial charge in [-0.1, -0.05) is 36.0 Å². The third-order valence-corrected chi connectivity index (χ3v) is 8.59. The molecule has 0 saturated heterocycles. The quantitative estimate of drug-likeness (QED) is 0.140. The number of para-hydroxylation sites is 1. The Kier molecular flexibility index (Phi) is 6.32. The van der Waals surface area contributed by atoms with Crippen LogP contribution < -0.4 is 5.56 Å². The van der Waals surface area contributed by atoms with Crippen LogP contribution in [-0.4, -0.2) is 25.7 Å². The minimum atomic E-state index is -0.0125. The van der Waals surface area contributed by atoms with E-state index < -0.39 is 0 Å². The molecule has 0 bridgehead atoms. The summed E-state index contributed by atoms with van der Waals surface area (Å²) in [7, 11) is 0. The molecule has 0 aliphatic heterocycles. The van der Waals surface area contributed by atoms with Crippen molar-refractivity contribution in [3.05, 3.63) is 86.8 Å². The van der Waals surface area contributed by atoms with Gasteiger partial charge in [-0.25, -0.2) is 4.98 Å². The first-order valence-corrected chi connectivity index (χ1v) is 13.4. The number of allylic oxidation sites excluding steroid dienone is 1. The number of aromatic nitrogens is 3. The van der Waals surface area contributed by atoms with Crippen molar-refractivity contribution in [3.8, 4) is 5.69 Å². The second-order valence-electron chi connectivity index (χ2n) is 8.66. The van der Waals surface area contributed by atoms with Crippen LogP contribution in [0, 0.1) is 13.8 Å². The molecule has 1 aliphatic rings. The molecule has 1 aliphatic carbocycles. The Morgan fingerprint density at radius 3 is 2.74 bits per heavy atom. The summed E-state index contributed by atoms with van der Waals surface area (Å²) in [4.78, 5) is 33.6. The van der Waals surface area contributed by atoms with Crippen molar-refractivity contribution in [2.75, 3.05) is 5.75 Å². The molecule has 1 aromatic carbocycles. The maximum atomic E-state index is 13.4. The molecular formula is C27H27N3O2S2. The SMILES string of the molecule is C=CCn1c(SCC(=O)c2cc(C)n(-c3ccccc3)c2C)nc2sc3c(c2c1=O)CCCC3. The summed E-state index contributed by atoms with van der Waals surface area (Å²) in [6, 6.07) is 12.0. The van der Waals surface area contributed by atoms with E-state index in [1.165, 1.54) is 22.2 Å². The van der Waals surface area contributed by atoms with Gasteiger partial charge >= 0.3 is 0 Å². The Balaban J connectivity index is 1.46. The second-order valence-corrected chi connectivity index (χ2v) is 10.7. The molecule has 0 fully saturated rings. The van der Waals surface area contributed by atoms with Crippen molar-refractivity contribution in [2.24, 2.45) is 0 Å². The number of carbonyl (C=O) groups is 1. The van der Waals surface area contributed by atoms with Gasteiger partial charge in [-0.15, -0.1) is 17.9 Å². The van der Waals surface area contributed by atoms with Gasteiger partial charge in [0.2, 0.25) is 0 Å². The standard InChI is InChI=1S/C27H27N3O2S2/c1-4-14-29-26(32)24-20-12-8-9-13-23(20)34-25(24)28-27(29)33-16-22(31)21-15-17(2)30(18(21)3)19-10-6-5-7-11-19/h4-7,10-11,15H,1,8-9,12-14,16H2,2-3H3. The van der Waals surface area contributed by atoms with Crippen molar-refractivity contribution in [1.82, 2.24) is 14.1 Å². The van der Waals surface area contributed by atoms with E-state index in [9.17, 15) is 9.59 Å². The molecule has 0 N–H and O–H groups in total. The number of hydrogen-bond donors (Lipinski definition) is 0. The maximum Gasteiger partial charge on any atom is 0.263 e. The van der Waals surface area contributed by atoms with Crippen LogP contribution in [0.4, 0.5) is 0 Å². The highest BCUT2D eigenvalue weighted by Crippen LogP contribution is 2.35. The molecule has 174 valence electrons. The number of fused-ring (bicyclic) bond motifs is 3. The van der Waals surface area contributed by atoms with Crippen molar-refractivity contribution >= 4 is 39.1 Å². The van der Waals surface area contributed by atoms with Crippen molar-refractivity contribution < 1.29 is 4.79 Å². The number of thioether (sulfide) groups is 1. The summed E-state index contributed by atoms with van der Waals surface area (Å²) >= 11 is 2.98. The number of benzene rings is 1. The van der Waals surface area contributed by atoms with Crippen LogP contribution in [0.2, 0.25) is 0 Å². The van der Waals surface area contributed by atoms with Crippen LogP contribution in [0.3, 0.4) is 0 Å². The number of thiophene rings is 1. The maximum absolute atomic E-state index is 13.4. The zero-order chi connectivity index (χ0) is 23.8. The summed E-state index contributed by atoms with van der Waals surface area (Å²) < 4.78 is 3.77. The Morgan fingerprint density at radius 1 is 1.21 bits per heavy atom. The molecule has 0 spiro atoms. The van der Waals surface area contributed by atoms with Gasteiger partial charge in [0.05, 0.1) is 11.1 Å². The molecule has 0 radical (unpaired) electrons. The van der Waals surface area contributed by atoms with E-state index in [4.69, 9.17) is 4.98 Å². The molecule has 0 saturated carbocycles. The molecule has 0 unspecified atom stereocenters. The predicted octanol–water partition coefficient (Wildman–Crippen LogP) is 5.91. The lowest BCUT2D eigenvalue weighted by Gasteiger charge is -2.12. The molecule has 7 heteroatoms. The number of hydrogen-bond acceptors (Lipinski definition) is 5. The van der Waals surface area contributed by atoms with E-state index in [1.807, 2.05) is 50.2 Å². The lowest BCUT2D eigenvalue weighted by molar-refractivity contribution is 0.102. The monoisotopic (exact) mass is 489 g/mol. The van der Waals surface area contributed by atoms with E-state index in [1.54, 1.807) is 22.0 Å². The molecule has 5 rings (SSSR count). The van der Waals surface area contributed by atoms with Gasteiger partial charge in [-0.2, -0.15) is 0 Å². The molecule has 5 nitrogen and oxygen atoms in total. The van der Waals surface area contributed by atoms with Crippen LogP contribution in [0.15, 0.2) is 59.0 Å². The minimum Gasteiger partial charge on any atom is -0.318 e. The Labute approximate surface area is 207 Å². The van der Waals surface area contributed by atoms with Crippen molar-refractivity contribution in [1.29, 1.82) is 0 Å². The second kappa shape index (κ2) is 9.39. The molecule has 4 aromatic rings. The van der Waals surface area contributed by atoms with Crippen LogP contribution in [-0.2, 0) is 19.4 Å². The number of aryl methyl sites for hydroxylation is 3. The third-order valence-electron chi connectivity index (χ3n) is 6.43. The smallest absolute Gasteiger partial charge is 0.263 e. The number of carbonyl (C=O) groups excluding carboxylic acids is 1. The van der Waals surface area contributed by atoms with Crippen LogP contribution in [0.1, 0.15) is 45.0 Å². The number of ketones is 1. The summed E-state index contributed by atoms with van der Waals surface area (Å²) in [5, 5.41) is 1.35. The first-order chi connectivity index (χ1) is 16.5. The van der Waals surface area contributed by atoms with Crippen molar-refractivity contribution in [3.63, 3.8) is 0 Å². The molecule has 3 heterocycles. The van der Waals surface area contributed by atoms with E-state index in [2.05, 4.69) is 11.1 Å². The molecule has 34 heavy (non-hydrogen) atoms. The highest BCUT2D eigenvalue weighted by Gasteiger charge is 2.23. The summed E-state index contributed by atoms with van der Waals surface area (Å²) in [6.45, 7) is 8.20. The molecule has 0 amide bonds. The zero-order valence-electron chi connectivity index (χ0n) is 19.5. The average Bonchev–Trinajstić information content (AvgIpc) is 3.36. The van der Waals surface area contributed by atoms with Gasteiger partial charge in [0.15, 0.2) is 10.9 Å². The van der Waals surface area contributed by atoms with Gasteiger partial charge in [0.25, 0.3) is 5.56 Å². The highest BCUT2D eigenvalue weighted by molar-refractivity contribution is 7.99. The van der Waals surface area contributed by atoms with Gasteiger partial charge in [-0.3, -0.25) is 14.2 Å². The van der Waals surface area contributed by atoms with E-state index in [0.717, 1.165) is 53.0 Å². The fourth-order valence-electron chi connectivity index (χ4n) is 4.85. The molecule has 3 aromatic heterocycles. The van der Waals surface area contributed by atoms with Gasteiger partial charge in [0, 0.05) is 34.1 Å². The van der Waals surface area contributed by atoms with Gasteiger partial charge < -0.3 is 4.57 Å². The van der Waals surface area contributed by atoms with Gasteiger partial charge in [0.1, 0.15) is 4.83 Å². The van der Waals surface area contributed by atoms with E-state index in [-0.39, 0.29) is 17.1 Å². The minimum absolute atomic E-state index is 0.0125. The lowest BCUT2D eigenvalue weighted by Crippen LogP contribution is -2.23. The average molecular weight is 490 g/mol. The number of rotatable bonds is 7. The topological polar surface area (TPSA) is 56.9 Å². The van der Waals surface area contributed by atoms with E-state index in [0.29, 0.717) is 17.3 Å². The largest absolute Gasteiger partial charge is 0.318 e. The first-order valence-electron chi connectivity index (χ1n) is 11.6. The van der Waals surface area contributed by atoms with E-state index >= 15 is 0 Å². The summed E-state index contributed by atoms with van der Waals surface area (Å²) in [5.41, 5.74) is 4.86. The Hall–Kier alpha value is -2.90. The summed E-state index contributed by atoms with van der Waals surface area (Å²) in [5.74, 6) is 0.254. The zero-order valence-corrected chi connectivity index (χ0v) is 21.1. The Bertz CT molecular complexity index is 1460. The predicted molar refractivity (Wildman–Crippen MR) is 141 cm³/mol. The fourth-order valence-corrected chi connectivity index (χ4v) is 7.04. The lowest BCUT2D eigenvalue weighted by atomic mass is 9.97. The van der Waals surface area contributed by atoms with Crippen molar-refractivity contribution in [2.45, 2.75) is 51.2 Å². The third kappa shape index (κ3) is 3.97. The number of nitrogens with zero attached hydrogens (tertiary/aromatic N) is 3. The molecular weight excluding hydrogens is 462 g/mol. The molecule has 0 atom stereocenters. The van der Waals surface area contributed by atoms with Crippen LogP contribution in [0.5, 0.6) is 0 Å². The normalized spacial score (nSPS) is 13.2. The van der Waals surface area contributed by atoms with Crippen LogP contribution >= 0.6 is 23.1 Å². The Morgan fingerprint density at radius 2 is 1.97 bits per heavy atom.